The molecule has 15 heavy (non-hydrogen) atoms. The van der Waals surface area contributed by atoms with E-state index in [1.807, 2.05) is 24.3 Å². The Morgan fingerprint density at radius 2 is 1.80 bits per heavy atom. The van der Waals surface area contributed by atoms with Crippen molar-refractivity contribution in [3.8, 4) is 0 Å². The number of carbonyl (C=O) groups excluding carboxylic acids is 1. The van der Waals surface area contributed by atoms with Crippen LogP contribution in [0.1, 0.15) is 32.3 Å². The van der Waals surface area contributed by atoms with Crippen molar-refractivity contribution in [1.29, 1.82) is 0 Å². The lowest BCUT2D eigenvalue weighted by Gasteiger charge is -2.02. The molecule has 0 aromatic heterocycles. The van der Waals surface area contributed by atoms with Crippen molar-refractivity contribution in [1.82, 2.24) is 0 Å². The van der Waals surface area contributed by atoms with Crippen molar-refractivity contribution in [2.45, 2.75) is 26.7 Å². The Hall–Kier alpha value is -0.820. The van der Waals surface area contributed by atoms with Crippen LogP contribution in [0.5, 0.6) is 0 Å². The molecule has 1 nitrogen and oxygen atoms in total. The molecule has 0 radical (unpaired) electrons. The lowest BCUT2D eigenvalue weighted by Crippen LogP contribution is -1.99. The van der Waals surface area contributed by atoms with E-state index in [2.05, 4.69) is 13.8 Å². The molecule has 0 aliphatic heterocycles. The maximum absolute atomic E-state index is 11.4. The van der Waals surface area contributed by atoms with E-state index < -0.39 is 0 Å². The molecule has 0 amide bonds. The van der Waals surface area contributed by atoms with Crippen LogP contribution in [0.15, 0.2) is 24.3 Å². The van der Waals surface area contributed by atoms with E-state index in [4.69, 9.17) is 11.6 Å². The maximum Gasteiger partial charge on any atom is 0.134 e. The highest BCUT2D eigenvalue weighted by Crippen LogP contribution is 2.64. The Bertz CT molecular complexity index is 392. The molecule has 2 rings (SSSR count). The predicted molar refractivity (Wildman–Crippen MR) is 62.1 cm³/mol. The second-order valence-corrected chi connectivity index (χ2v) is 5.38. The van der Waals surface area contributed by atoms with Gasteiger partial charge in [0.15, 0.2) is 0 Å². The summed E-state index contributed by atoms with van der Waals surface area (Å²) in [4.78, 5) is 11.4. The minimum atomic E-state index is 0.111. The van der Waals surface area contributed by atoms with E-state index in [-0.39, 0.29) is 11.3 Å². The second-order valence-electron chi connectivity index (χ2n) is 4.94. The minimum absolute atomic E-state index is 0.111. The van der Waals surface area contributed by atoms with Crippen molar-refractivity contribution in [3.05, 3.63) is 34.9 Å². The first-order chi connectivity index (χ1) is 6.94. The Labute approximate surface area is 95.4 Å². The first-order valence-corrected chi connectivity index (χ1v) is 5.58. The average Bonchev–Trinajstić information content (AvgIpc) is 2.70. The van der Waals surface area contributed by atoms with Gasteiger partial charge in [0.05, 0.1) is 0 Å². The van der Waals surface area contributed by atoms with Crippen LogP contribution in [0, 0.1) is 11.3 Å². The first kappa shape index (κ1) is 10.7. The zero-order valence-electron chi connectivity index (χ0n) is 9.25. The van der Waals surface area contributed by atoms with Gasteiger partial charge in [-0.2, -0.15) is 0 Å². The molecule has 2 atom stereocenters. The number of halogens is 1. The molecule has 2 heteroatoms. The lowest BCUT2D eigenvalue weighted by atomic mass is 10.0. The Balaban J connectivity index is 2.27. The van der Waals surface area contributed by atoms with E-state index in [1.165, 1.54) is 5.56 Å². The molecule has 0 unspecified atom stereocenters. The van der Waals surface area contributed by atoms with Gasteiger partial charge in [0.2, 0.25) is 0 Å². The molecular formula is C13H15ClO. The summed E-state index contributed by atoms with van der Waals surface area (Å²) in [6.45, 7) is 5.99. The summed E-state index contributed by atoms with van der Waals surface area (Å²) in [7, 11) is 0. The van der Waals surface area contributed by atoms with E-state index >= 15 is 0 Å². The van der Waals surface area contributed by atoms with Gasteiger partial charge in [-0.1, -0.05) is 37.6 Å². The van der Waals surface area contributed by atoms with Gasteiger partial charge in [-0.3, -0.25) is 4.79 Å². The summed E-state index contributed by atoms with van der Waals surface area (Å²) in [5.74, 6) is 0.839. The minimum Gasteiger partial charge on any atom is -0.300 e. The highest BCUT2D eigenvalue weighted by atomic mass is 35.5. The highest BCUT2D eigenvalue weighted by molar-refractivity contribution is 6.30. The third-order valence-electron chi connectivity index (χ3n) is 3.49. The summed E-state index contributed by atoms with van der Waals surface area (Å²) in [6.07, 6.45) is 0. The molecule has 0 bridgehead atoms. The Morgan fingerprint density at radius 3 is 2.20 bits per heavy atom. The van der Waals surface area contributed by atoms with Crippen LogP contribution < -0.4 is 0 Å². The Kier molecular flexibility index (Phi) is 2.38. The van der Waals surface area contributed by atoms with Gasteiger partial charge in [-0.05, 0) is 36.0 Å². The molecule has 1 saturated carbocycles. The number of ketones is 1. The van der Waals surface area contributed by atoms with E-state index in [0.29, 0.717) is 11.7 Å². The lowest BCUT2D eigenvalue weighted by molar-refractivity contribution is -0.118. The number of hydrogen-bond acceptors (Lipinski definition) is 1. The fraction of sp³-hybridized carbons (Fsp3) is 0.462. The molecule has 0 spiro atoms. The molecule has 1 aliphatic rings. The number of carbonyl (C=O) groups is 1. The monoisotopic (exact) mass is 222 g/mol. The molecule has 1 fully saturated rings. The summed E-state index contributed by atoms with van der Waals surface area (Å²) < 4.78 is 0. The van der Waals surface area contributed by atoms with Gasteiger partial charge >= 0.3 is 0 Å². The largest absolute Gasteiger partial charge is 0.300 e. The van der Waals surface area contributed by atoms with Crippen LogP contribution in [0.25, 0.3) is 0 Å². The SMILES string of the molecule is CC(=O)[C@H]1[C@H](c2ccc(Cl)cc2)C1(C)C. The van der Waals surface area contributed by atoms with Crippen LogP contribution in [0.4, 0.5) is 0 Å². The third kappa shape index (κ3) is 1.69. The van der Waals surface area contributed by atoms with Crippen molar-refractivity contribution in [2.75, 3.05) is 0 Å². The molecule has 1 aliphatic carbocycles. The number of rotatable bonds is 2. The van der Waals surface area contributed by atoms with Crippen molar-refractivity contribution in [2.24, 2.45) is 11.3 Å². The number of benzene rings is 1. The smallest absolute Gasteiger partial charge is 0.134 e. The van der Waals surface area contributed by atoms with Crippen LogP contribution in [0.2, 0.25) is 5.02 Å². The van der Waals surface area contributed by atoms with Crippen molar-refractivity contribution < 1.29 is 4.79 Å². The van der Waals surface area contributed by atoms with Crippen molar-refractivity contribution in [3.63, 3.8) is 0 Å². The number of hydrogen-bond donors (Lipinski definition) is 0. The zero-order chi connectivity index (χ0) is 11.2. The molecular weight excluding hydrogens is 208 g/mol. The van der Waals surface area contributed by atoms with E-state index in [0.717, 1.165) is 5.02 Å². The maximum atomic E-state index is 11.4. The van der Waals surface area contributed by atoms with E-state index in [1.54, 1.807) is 6.92 Å². The fourth-order valence-electron chi connectivity index (χ4n) is 2.69. The van der Waals surface area contributed by atoms with Gasteiger partial charge in [0, 0.05) is 10.9 Å². The van der Waals surface area contributed by atoms with Crippen molar-refractivity contribution >= 4 is 17.4 Å². The molecule has 80 valence electrons. The molecule has 1 aromatic carbocycles. The summed E-state index contributed by atoms with van der Waals surface area (Å²) in [5.41, 5.74) is 1.34. The molecule has 1 aromatic rings. The fourth-order valence-corrected chi connectivity index (χ4v) is 2.81. The van der Waals surface area contributed by atoms with Crippen LogP contribution in [0.3, 0.4) is 0 Å². The van der Waals surface area contributed by atoms with Gasteiger partial charge in [0.1, 0.15) is 5.78 Å². The van der Waals surface area contributed by atoms with Gasteiger partial charge in [-0.15, -0.1) is 0 Å². The number of Topliss-reactive ketones (excluding diaryl/α,β-unsaturated/α-hetero) is 1. The third-order valence-corrected chi connectivity index (χ3v) is 3.75. The average molecular weight is 223 g/mol. The Morgan fingerprint density at radius 1 is 1.27 bits per heavy atom. The van der Waals surface area contributed by atoms with Crippen LogP contribution in [-0.2, 0) is 4.79 Å². The summed E-state index contributed by atoms with van der Waals surface area (Å²) in [6, 6.07) is 7.83. The summed E-state index contributed by atoms with van der Waals surface area (Å²) >= 11 is 5.84. The predicted octanol–water partition coefficient (Wildman–Crippen LogP) is 3.67. The summed E-state index contributed by atoms with van der Waals surface area (Å²) in [5, 5.41) is 0.747. The molecule has 0 N–H and O–H groups in total. The standard InChI is InChI=1S/C13H15ClO/c1-8(15)11-12(13(11,2)3)9-4-6-10(14)7-5-9/h4-7,11-12H,1-3H3/t11-,12-/m0/s1. The molecule has 0 saturated heterocycles. The normalized spacial score (nSPS) is 27.5. The van der Waals surface area contributed by atoms with Gasteiger partial charge < -0.3 is 0 Å². The van der Waals surface area contributed by atoms with Crippen LogP contribution >= 0.6 is 11.6 Å². The van der Waals surface area contributed by atoms with E-state index in [9.17, 15) is 4.79 Å². The topological polar surface area (TPSA) is 17.1 Å². The van der Waals surface area contributed by atoms with Gasteiger partial charge in [0.25, 0.3) is 0 Å². The second kappa shape index (κ2) is 3.34. The van der Waals surface area contributed by atoms with Gasteiger partial charge in [-0.25, -0.2) is 0 Å². The molecule has 0 heterocycles. The quantitative estimate of drug-likeness (QED) is 0.746. The highest BCUT2D eigenvalue weighted by Gasteiger charge is 2.60. The van der Waals surface area contributed by atoms with Crippen LogP contribution in [-0.4, -0.2) is 5.78 Å². The first-order valence-electron chi connectivity index (χ1n) is 5.20. The zero-order valence-corrected chi connectivity index (χ0v) is 10.0.